The van der Waals surface area contributed by atoms with Gasteiger partial charge in [0.25, 0.3) is 0 Å². The molecule has 0 radical (unpaired) electrons. The van der Waals surface area contributed by atoms with Crippen LogP contribution in [0.3, 0.4) is 0 Å². The van der Waals surface area contributed by atoms with Crippen LogP contribution in [0.2, 0.25) is 0 Å². The lowest BCUT2D eigenvalue weighted by atomic mass is 10.1. The first-order chi connectivity index (χ1) is 11.0. The lowest BCUT2D eigenvalue weighted by Crippen LogP contribution is -2.21. The first-order valence-electron chi connectivity index (χ1n) is 7.62. The molecule has 23 heavy (non-hydrogen) atoms. The molecule has 0 spiro atoms. The molecule has 8 heteroatoms. The highest BCUT2D eigenvalue weighted by Crippen LogP contribution is 2.09. The van der Waals surface area contributed by atoms with Crippen LogP contribution in [0.5, 0.6) is 0 Å². The molecule has 2 fully saturated rings. The van der Waals surface area contributed by atoms with Gasteiger partial charge in [0.05, 0.1) is 38.4 Å². The summed E-state index contributed by atoms with van der Waals surface area (Å²) in [6, 6.07) is 0. The largest absolute Gasteiger partial charge is 0.466 e. The molecular weight excluding hydrogens is 308 g/mol. The summed E-state index contributed by atoms with van der Waals surface area (Å²) in [5.74, 6) is -1.65. The van der Waals surface area contributed by atoms with Crippen LogP contribution in [0.15, 0.2) is 0 Å². The molecule has 2 aliphatic rings. The Labute approximate surface area is 134 Å². The third-order valence-electron chi connectivity index (χ3n) is 3.06. The van der Waals surface area contributed by atoms with Crippen LogP contribution < -0.4 is 0 Å². The van der Waals surface area contributed by atoms with E-state index in [1.165, 1.54) is 0 Å². The van der Waals surface area contributed by atoms with Gasteiger partial charge >= 0.3 is 23.9 Å². The number of carbonyl (C=O) groups is 4. The Morgan fingerprint density at radius 3 is 1.74 bits per heavy atom. The van der Waals surface area contributed by atoms with E-state index in [4.69, 9.17) is 9.47 Å². The third-order valence-corrected chi connectivity index (χ3v) is 3.06. The Kier molecular flexibility index (Phi) is 8.71. The summed E-state index contributed by atoms with van der Waals surface area (Å²) < 4.78 is 19.1. The molecule has 0 saturated carbocycles. The number of carbonyl (C=O) groups excluding carboxylic acids is 4. The van der Waals surface area contributed by atoms with Crippen molar-refractivity contribution in [3.8, 4) is 0 Å². The predicted molar refractivity (Wildman–Crippen MR) is 76.1 cm³/mol. The predicted octanol–water partition coefficient (Wildman–Crippen LogP) is 0.759. The quantitative estimate of drug-likeness (QED) is 0.473. The highest BCUT2D eigenvalue weighted by atomic mass is 16.6. The van der Waals surface area contributed by atoms with Crippen molar-refractivity contribution in [2.75, 3.05) is 26.4 Å². The smallest absolute Gasteiger partial charge is 0.309 e. The molecule has 8 nitrogen and oxygen atoms in total. The molecule has 0 amide bonds. The molecule has 2 heterocycles. The van der Waals surface area contributed by atoms with Crippen molar-refractivity contribution < 1.29 is 38.1 Å². The Hall–Kier alpha value is -2.12. The number of cyclic esters (lactones) is 4. The maximum absolute atomic E-state index is 11.1. The average molecular weight is 330 g/mol. The van der Waals surface area contributed by atoms with E-state index in [-0.39, 0.29) is 62.3 Å². The summed E-state index contributed by atoms with van der Waals surface area (Å²) in [7, 11) is 0. The van der Waals surface area contributed by atoms with Crippen LogP contribution in [-0.4, -0.2) is 50.3 Å². The zero-order valence-corrected chi connectivity index (χ0v) is 13.2. The lowest BCUT2D eigenvalue weighted by molar-refractivity contribution is -0.158. The highest BCUT2D eigenvalue weighted by Gasteiger charge is 2.20. The van der Waals surface area contributed by atoms with E-state index < -0.39 is 0 Å². The first kappa shape index (κ1) is 18.9. The first-order valence-corrected chi connectivity index (χ1v) is 7.62. The molecule has 0 aromatic heterocycles. The summed E-state index contributed by atoms with van der Waals surface area (Å²) >= 11 is 0. The van der Waals surface area contributed by atoms with Crippen LogP contribution in [0.4, 0.5) is 0 Å². The molecular formula is C15H22O8. The van der Waals surface area contributed by atoms with Gasteiger partial charge in [0, 0.05) is 0 Å². The average Bonchev–Trinajstić information content (AvgIpc) is 2.51. The van der Waals surface area contributed by atoms with Gasteiger partial charge in [-0.3, -0.25) is 19.2 Å². The molecule has 2 rings (SSSR count). The molecule has 0 N–H and O–H groups in total. The maximum atomic E-state index is 11.1. The summed E-state index contributed by atoms with van der Waals surface area (Å²) in [6.07, 6.45) is 1.91. The highest BCUT2D eigenvalue weighted by molar-refractivity contribution is 5.79. The van der Waals surface area contributed by atoms with Crippen molar-refractivity contribution >= 4 is 23.9 Å². The number of hydrogen-bond donors (Lipinski definition) is 0. The molecule has 0 aromatic rings. The van der Waals surface area contributed by atoms with Crippen LogP contribution in [0, 0.1) is 5.92 Å². The maximum Gasteiger partial charge on any atom is 0.309 e. The molecule has 2 saturated heterocycles. The summed E-state index contributed by atoms with van der Waals surface area (Å²) in [4.78, 5) is 43.3. The van der Waals surface area contributed by atoms with E-state index in [0.717, 1.165) is 12.8 Å². The van der Waals surface area contributed by atoms with Crippen LogP contribution in [0.25, 0.3) is 0 Å². The molecule has 1 atom stereocenters. The number of rotatable bonds is 0. The summed E-state index contributed by atoms with van der Waals surface area (Å²) in [5.41, 5.74) is 0. The van der Waals surface area contributed by atoms with Gasteiger partial charge in [-0.15, -0.1) is 0 Å². The fourth-order valence-electron chi connectivity index (χ4n) is 1.76. The van der Waals surface area contributed by atoms with Gasteiger partial charge in [-0.05, 0) is 12.8 Å². The van der Waals surface area contributed by atoms with Gasteiger partial charge in [0.15, 0.2) is 0 Å². The van der Waals surface area contributed by atoms with E-state index in [0.29, 0.717) is 13.2 Å². The summed E-state index contributed by atoms with van der Waals surface area (Å²) in [5, 5.41) is 0. The van der Waals surface area contributed by atoms with Crippen molar-refractivity contribution in [1.29, 1.82) is 0 Å². The van der Waals surface area contributed by atoms with Crippen molar-refractivity contribution in [1.82, 2.24) is 0 Å². The van der Waals surface area contributed by atoms with Gasteiger partial charge in [-0.25, -0.2) is 0 Å². The fourth-order valence-corrected chi connectivity index (χ4v) is 1.76. The SMILES string of the molecule is CC1CC(=O)OCCCCOC1=O.O=C1CCC(=O)OCCO1. The lowest BCUT2D eigenvalue weighted by Gasteiger charge is -2.13. The van der Waals surface area contributed by atoms with Crippen LogP contribution in [0.1, 0.15) is 39.0 Å². The Morgan fingerprint density at radius 1 is 0.696 bits per heavy atom. The molecule has 0 bridgehead atoms. The van der Waals surface area contributed by atoms with Crippen molar-refractivity contribution in [2.45, 2.75) is 39.0 Å². The van der Waals surface area contributed by atoms with E-state index in [1.54, 1.807) is 6.92 Å². The van der Waals surface area contributed by atoms with Crippen molar-refractivity contribution in [3.63, 3.8) is 0 Å². The van der Waals surface area contributed by atoms with Crippen LogP contribution >= 0.6 is 0 Å². The van der Waals surface area contributed by atoms with Gasteiger partial charge in [0.1, 0.15) is 13.2 Å². The standard InChI is InChI=1S/C9H14O4.C6H8O4/c1-7-6-8(10)12-4-2-3-5-13-9(7)11;7-5-1-2-6(8)10-4-3-9-5/h7H,2-6H2,1H3;1-4H2. The molecule has 2 aliphatic heterocycles. The molecule has 0 aliphatic carbocycles. The second kappa shape index (κ2) is 10.6. The van der Waals surface area contributed by atoms with E-state index >= 15 is 0 Å². The van der Waals surface area contributed by atoms with Crippen LogP contribution in [-0.2, 0) is 38.1 Å². The molecule has 130 valence electrons. The zero-order valence-electron chi connectivity index (χ0n) is 13.2. The zero-order chi connectivity index (χ0) is 17.1. The Bertz CT molecular complexity index is 413. The van der Waals surface area contributed by atoms with Gasteiger partial charge in [0.2, 0.25) is 0 Å². The minimum absolute atomic E-state index is 0.124. The normalized spacial score (nSPS) is 23.6. The van der Waals surface area contributed by atoms with Gasteiger partial charge in [-0.2, -0.15) is 0 Å². The fraction of sp³-hybridized carbons (Fsp3) is 0.733. The molecule has 1 unspecified atom stereocenters. The van der Waals surface area contributed by atoms with E-state index in [2.05, 4.69) is 9.47 Å². The number of ether oxygens (including phenoxy) is 4. The second-order valence-electron chi connectivity index (χ2n) is 5.14. The monoisotopic (exact) mass is 330 g/mol. The summed E-state index contributed by atoms with van der Waals surface area (Å²) in [6.45, 7) is 2.91. The minimum atomic E-state index is -0.384. The number of esters is 4. The van der Waals surface area contributed by atoms with Gasteiger partial charge in [-0.1, -0.05) is 6.92 Å². The van der Waals surface area contributed by atoms with Gasteiger partial charge < -0.3 is 18.9 Å². The topological polar surface area (TPSA) is 105 Å². The Morgan fingerprint density at radius 2 is 1.17 bits per heavy atom. The van der Waals surface area contributed by atoms with E-state index in [1.807, 2.05) is 0 Å². The van der Waals surface area contributed by atoms with Crippen molar-refractivity contribution in [3.05, 3.63) is 0 Å². The van der Waals surface area contributed by atoms with E-state index in [9.17, 15) is 19.2 Å². The van der Waals surface area contributed by atoms with Crippen molar-refractivity contribution in [2.24, 2.45) is 5.92 Å². The second-order valence-corrected chi connectivity index (χ2v) is 5.14. The number of hydrogen-bond acceptors (Lipinski definition) is 8. The minimum Gasteiger partial charge on any atom is -0.466 e. The third kappa shape index (κ3) is 8.80. The molecule has 0 aromatic carbocycles. The Balaban J connectivity index is 0.000000238.